The number of hydrogen-bond acceptors (Lipinski definition) is 5. The summed E-state index contributed by atoms with van der Waals surface area (Å²) in [5.41, 5.74) is -1.59. The smallest absolute Gasteiger partial charge is 0.295 e. The van der Waals surface area contributed by atoms with Gasteiger partial charge in [-0.05, 0) is 28.9 Å². The number of hydrogen-bond donors (Lipinski definition) is 3. The molecule has 6 nitrogen and oxygen atoms in total. The zero-order chi connectivity index (χ0) is 13.9. The topological polar surface area (TPSA) is 95.6 Å². The number of rotatable bonds is 5. The van der Waals surface area contributed by atoms with E-state index >= 15 is 0 Å². The van der Waals surface area contributed by atoms with Crippen LogP contribution in [0.4, 0.5) is 15.8 Å². The first-order valence-corrected chi connectivity index (χ1v) is 5.75. The van der Waals surface area contributed by atoms with E-state index in [4.69, 9.17) is 10.2 Å². The predicted molar refractivity (Wildman–Crippen MR) is 67.0 cm³/mol. The summed E-state index contributed by atoms with van der Waals surface area (Å²) in [5.74, 6) is -0.762. The number of benzene rings is 1. The van der Waals surface area contributed by atoms with Crippen LogP contribution in [-0.2, 0) is 0 Å². The molecule has 0 aliphatic heterocycles. The Balaban J connectivity index is 3.22. The molecule has 18 heavy (non-hydrogen) atoms. The molecule has 0 fully saturated rings. The summed E-state index contributed by atoms with van der Waals surface area (Å²) in [7, 11) is 0. The Hall–Kier alpha value is -1.25. The molecule has 0 unspecified atom stereocenters. The Morgan fingerprint density at radius 2 is 2.06 bits per heavy atom. The maximum atomic E-state index is 13.2. The summed E-state index contributed by atoms with van der Waals surface area (Å²) in [5, 5.41) is 31.7. The van der Waals surface area contributed by atoms with Crippen LogP contribution in [0.5, 0.6) is 0 Å². The molecule has 1 aromatic rings. The molecule has 0 aliphatic carbocycles. The second-order valence-electron chi connectivity index (χ2n) is 4.04. The van der Waals surface area contributed by atoms with Gasteiger partial charge in [-0.1, -0.05) is 0 Å². The number of nitrogens with one attached hydrogen (secondary N) is 1. The van der Waals surface area contributed by atoms with Crippen LogP contribution in [0.2, 0.25) is 0 Å². The van der Waals surface area contributed by atoms with E-state index in [9.17, 15) is 14.5 Å². The molecule has 0 atom stereocenters. The van der Waals surface area contributed by atoms with E-state index in [1.165, 1.54) is 13.0 Å². The number of nitrogens with zero attached hydrogens (tertiary/aromatic N) is 1. The molecule has 0 bridgehead atoms. The maximum absolute atomic E-state index is 13.2. The maximum Gasteiger partial charge on any atom is 0.295 e. The molecule has 3 N–H and O–H groups in total. The van der Waals surface area contributed by atoms with Crippen molar-refractivity contribution in [1.82, 2.24) is 0 Å². The van der Waals surface area contributed by atoms with Crippen molar-refractivity contribution in [2.45, 2.75) is 12.5 Å². The quantitative estimate of drug-likeness (QED) is 0.566. The van der Waals surface area contributed by atoms with Gasteiger partial charge in [-0.25, -0.2) is 4.39 Å². The molecular formula is C10H12BrFN2O4. The zero-order valence-electron chi connectivity index (χ0n) is 9.48. The minimum atomic E-state index is -1.14. The van der Waals surface area contributed by atoms with Crippen LogP contribution in [0.25, 0.3) is 0 Å². The lowest BCUT2D eigenvalue weighted by molar-refractivity contribution is -0.384. The number of aliphatic hydroxyl groups is 2. The van der Waals surface area contributed by atoms with Crippen molar-refractivity contribution in [2.75, 3.05) is 18.5 Å². The van der Waals surface area contributed by atoms with E-state index in [2.05, 4.69) is 21.2 Å². The lowest BCUT2D eigenvalue weighted by atomic mass is 10.0. The third kappa shape index (κ3) is 3.15. The number of nitro groups is 1. The largest absolute Gasteiger partial charge is 0.394 e. The van der Waals surface area contributed by atoms with Gasteiger partial charge < -0.3 is 15.5 Å². The van der Waals surface area contributed by atoms with Crippen LogP contribution >= 0.6 is 15.9 Å². The first-order chi connectivity index (χ1) is 8.33. The molecule has 100 valence electrons. The Kier molecular flexibility index (Phi) is 4.60. The van der Waals surface area contributed by atoms with Crippen LogP contribution in [-0.4, -0.2) is 33.9 Å². The summed E-state index contributed by atoms with van der Waals surface area (Å²) in [6.07, 6.45) is 0. The fraction of sp³-hybridized carbons (Fsp3) is 0.400. The van der Waals surface area contributed by atoms with Crippen molar-refractivity contribution in [3.05, 3.63) is 32.5 Å². The third-order valence-electron chi connectivity index (χ3n) is 2.37. The minimum absolute atomic E-state index is 0.0128. The van der Waals surface area contributed by atoms with Crippen LogP contribution in [0.3, 0.4) is 0 Å². The van der Waals surface area contributed by atoms with Gasteiger partial charge in [0.2, 0.25) is 0 Å². The van der Waals surface area contributed by atoms with Gasteiger partial charge in [-0.3, -0.25) is 10.1 Å². The van der Waals surface area contributed by atoms with Crippen molar-refractivity contribution in [1.29, 1.82) is 0 Å². The molecule has 0 aromatic heterocycles. The van der Waals surface area contributed by atoms with Crippen LogP contribution in [0, 0.1) is 15.9 Å². The van der Waals surface area contributed by atoms with E-state index < -0.39 is 35.2 Å². The predicted octanol–water partition coefficient (Wildman–Crippen LogP) is 1.65. The van der Waals surface area contributed by atoms with Crippen molar-refractivity contribution in [3.63, 3.8) is 0 Å². The van der Waals surface area contributed by atoms with Crippen molar-refractivity contribution < 1.29 is 19.5 Å². The van der Waals surface area contributed by atoms with Gasteiger partial charge >= 0.3 is 0 Å². The minimum Gasteiger partial charge on any atom is -0.394 e. The highest BCUT2D eigenvalue weighted by atomic mass is 79.9. The molecule has 0 radical (unpaired) electrons. The van der Waals surface area contributed by atoms with Gasteiger partial charge in [-0.15, -0.1) is 0 Å². The average Bonchev–Trinajstić information content (AvgIpc) is 2.33. The fourth-order valence-electron chi connectivity index (χ4n) is 1.24. The summed E-state index contributed by atoms with van der Waals surface area (Å²) in [4.78, 5) is 10.1. The van der Waals surface area contributed by atoms with Gasteiger partial charge in [0.1, 0.15) is 11.5 Å². The number of anilines is 1. The van der Waals surface area contributed by atoms with Crippen molar-refractivity contribution in [3.8, 4) is 0 Å². The molecular weight excluding hydrogens is 311 g/mol. The van der Waals surface area contributed by atoms with E-state index in [0.29, 0.717) is 0 Å². The first-order valence-electron chi connectivity index (χ1n) is 4.96. The van der Waals surface area contributed by atoms with Crippen LogP contribution in [0.1, 0.15) is 6.92 Å². The SMILES string of the molecule is CC(CO)(CO)Nc1cc(Br)c(F)cc1[N+](=O)[O-]. The van der Waals surface area contributed by atoms with E-state index in [-0.39, 0.29) is 10.2 Å². The molecule has 0 amide bonds. The zero-order valence-corrected chi connectivity index (χ0v) is 11.1. The fourth-order valence-corrected chi connectivity index (χ4v) is 1.59. The third-order valence-corrected chi connectivity index (χ3v) is 2.98. The Morgan fingerprint density at radius 1 is 1.50 bits per heavy atom. The van der Waals surface area contributed by atoms with Gasteiger partial charge in [0.25, 0.3) is 5.69 Å². The first kappa shape index (κ1) is 14.8. The van der Waals surface area contributed by atoms with Crippen molar-refractivity contribution in [2.24, 2.45) is 0 Å². The van der Waals surface area contributed by atoms with E-state index in [1.54, 1.807) is 0 Å². The summed E-state index contributed by atoms with van der Waals surface area (Å²) < 4.78 is 13.3. The highest BCUT2D eigenvalue weighted by Crippen LogP contribution is 2.32. The van der Waals surface area contributed by atoms with E-state index in [0.717, 1.165) is 6.07 Å². The van der Waals surface area contributed by atoms with Gasteiger partial charge in [0.05, 0.1) is 34.2 Å². The summed E-state index contributed by atoms with van der Waals surface area (Å²) in [6.45, 7) is 0.610. The molecule has 0 saturated carbocycles. The normalized spacial score (nSPS) is 11.4. The van der Waals surface area contributed by atoms with Gasteiger partial charge in [0.15, 0.2) is 0 Å². The lowest BCUT2D eigenvalue weighted by Gasteiger charge is -2.27. The number of aliphatic hydroxyl groups excluding tert-OH is 2. The average molecular weight is 323 g/mol. The molecule has 0 spiro atoms. The number of nitro benzene ring substituents is 1. The lowest BCUT2D eigenvalue weighted by Crippen LogP contribution is -2.42. The summed E-state index contributed by atoms with van der Waals surface area (Å²) in [6, 6.07) is 1.96. The monoisotopic (exact) mass is 322 g/mol. The van der Waals surface area contributed by atoms with Gasteiger partial charge in [-0.2, -0.15) is 0 Å². The Labute approximate surface area is 111 Å². The molecule has 0 aliphatic rings. The highest BCUT2D eigenvalue weighted by molar-refractivity contribution is 9.10. The number of halogens is 2. The standard InChI is InChI=1S/C10H12BrFN2O4/c1-10(4-15,5-16)13-8-2-6(11)7(12)3-9(8)14(17)18/h2-3,13,15-16H,4-5H2,1H3. The molecule has 0 saturated heterocycles. The second-order valence-corrected chi connectivity index (χ2v) is 4.90. The highest BCUT2D eigenvalue weighted by Gasteiger charge is 2.27. The second kappa shape index (κ2) is 5.59. The van der Waals surface area contributed by atoms with Gasteiger partial charge in [0, 0.05) is 0 Å². The van der Waals surface area contributed by atoms with Crippen LogP contribution in [0.15, 0.2) is 16.6 Å². The van der Waals surface area contributed by atoms with Crippen molar-refractivity contribution >= 4 is 27.3 Å². The Morgan fingerprint density at radius 3 is 2.50 bits per heavy atom. The van der Waals surface area contributed by atoms with E-state index in [1.807, 2.05) is 0 Å². The summed E-state index contributed by atoms with van der Waals surface area (Å²) >= 11 is 2.92. The molecule has 8 heteroatoms. The Bertz CT molecular complexity index is 465. The van der Waals surface area contributed by atoms with Crippen LogP contribution < -0.4 is 5.32 Å². The molecule has 1 aromatic carbocycles. The molecule has 1 rings (SSSR count). The molecule has 0 heterocycles.